The predicted molar refractivity (Wildman–Crippen MR) is 164 cm³/mol. The molecule has 1 aliphatic heterocycles. The maximum Gasteiger partial charge on any atom is 0.116 e. The quantitative estimate of drug-likeness (QED) is 0.183. The molecule has 1 aliphatic rings. The minimum Gasteiger partial charge on any atom is -0.307 e. The molecule has 6 heterocycles. The van der Waals surface area contributed by atoms with E-state index in [0.29, 0.717) is 0 Å². The molecule has 8 rings (SSSR count). The number of aryl methyl sites for hydroxylation is 3. The summed E-state index contributed by atoms with van der Waals surface area (Å²) in [4.78, 5) is 4.36. The Kier molecular flexibility index (Phi) is 4.03. The molecule has 0 amide bonds. The standard InChI is InChI=1S/C29H23NS4Si/c1-14-6-8-17(9-7-14)30-20-12-19-23(13-18(20)25-24(30)27-21(33-25)10-15(2)31-27)35(4,5)29-26(19)34-22-11-16(3)32-28(22)29/h6-13H,1-5H3. The highest BCUT2D eigenvalue weighted by molar-refractivity contribution is 7.35. The summed E-state index contributed by atoms with van der Waals surface area (Å²) < 4.78 is 9.89. The van der Waals surface area contributed by atoms with Crippen LogP contribution in [0.15, 0.2) is 48.5 Å². The Bertz CT molecular complexity index is 2000. The van der Waals surface area contributed by atoms with Gasteiger partial charge in [-0.25, -0.2) is 0 Å². The topological polar surface area (TPSA) is 4.93 Å². The van der Waals surface area contributed by atoms with Crippen LogP contribution in [0.3, 0.4) is 0 Å². The molecular weight excluding hydrogens is 519 g/mol. The molecule has 0 radical (unpaired) electrons. The van der Waals surface area contributed by atoms with E-state index >= 15 is 0 Å². The SMILES string of the molecule is Cc1ccc(-n2c3cc4c(cc3c3sc5cc(C)sc5c32)[Si](C)(C)c2c-4sc3cc(C)sc23)cc1. The first-order valence-electron chi connectivity index (χ1n) is 11.9. The van der Waals surface area contributed by atoms with Crippen LogP contribution in [0.5, 0.6) is 0 Å². The third-order valence-electron chi connectivity index (χ3n) is 7.63. The maximum atomic E-state index is 2.59. The number of hydrogen-bond donors (Lipinski definition) is 0. The number of fused-ring (bicyclic) bond motifs is 10. The third-order valence-corrected chi connectivity index (χ3v) is 16.2. The van der Waals surface area contributed by atoms with Gasteiger partial charge in [-0.1, -0.05) is 36.9 Å². The van der Waals surface area contributed by atoms with Gasteiger partial charge in [0.1, 0.15) is 8.07 Å². The Labute approximate surface area is 220 Å². The van der Waals surface area contributed by atoms with E-state index in [0.717, 1.165) is 0 Å². The molecule has 172 valence electrons. The summed E-state index contributed by atoms with van der Waals surface area (Å²) >= 11 is 7.93. The van der Waals surface area contributed by atoms with E-state index in [9.17, 15) is 0 Å². The molecule has 2 aromatic carbocycles. The molecule has 0 atom stereocenters. The first-order chi connectivity index (χ1) is 16.8. The first kappa shape index (κ1) is 20.9. The van der Waals surface area contributed by atoms with Crippen molar-refractivity contribution in [2.75, 3.05) is 0 Å². The largest absolute Gasteiger partial charge is 0.307 e. The zero-order chi connectivity index (χ0) is 23.8. The molecule has 0 spiro atoms. The molecule has 0 aliphatic carbocycles. The van der Waals surface area contributed by atoms with E-state index in [1.54, 1.807) is 15.1 Å². The lowest BCUT2D eigenvalue weighted by molar-refractivity contribution is 1.18. The van der Waals surface area contributed by atoms with Crippen molar-refractivity contribution in [1.82, 2.24) is 4.57 Å². The zero-order valence-electron chi connectivity index (χ0n) is 20.2. The van der Waals surface area contributed by atoms with Gasteiger partial charge in [-0.2, -0.15) is 0 Å². The van der Waals surface area contributed by atoms with E-state index in [1.807, 2.05) is 45.3 Å². The van der Waals surface area contributed by atoms with E-state index in [-0.39, 0.29) is 0 Å². The second-order valence-electron chi connectivity index (χ2n) is 10.4. The van der Waals surface area contributed by atoms with Crippen LogP contribution in [0.25, 0.3) is 56.0 Å². The summed E-state index contributed by atoms with van der Waals surface area (Å²) in [7, 11) is -1.78. The van der Waals surface area contributed by atoms with E-state index in [2.05, 4.69) is 87.0 Å². The minimum atomic E-state index is -1.78. The number of thiophene rings is 4. The van der Waals surface area contributed by atoms with Gasteiger partial charge in [-0.3, -0.25) is 0 Å². The smallest absolute Gasteiger partial charge is 0.116 e. The summed E-state index contributed by atoms with van der Waals surface area (Å²) in [5.41, 5.74) is 6.81. The lowest BCUT2D eigenvalue weighted by Crippen LogP contribution is -2.49. The fraction of sp³-hybridized carbons (Fsp3) is 0.172. The average Bonchev–Trinajstić information content (AvgIpc) is 3.59. The van der Waals surface area contributed by atoms with Gasteiger partial charge in [0.2, 0.25) is 0 Å². The van der Waals surface area contributed by atoms with Crippen molar-refractivity contribution in [2.24, 2.45) is 0 Å². The summed E-state index contributed by atoms with van der Waals surface area (Å²) in [6.45, 7) is 11.8. The summed E-state index contributed by atoms with van der Waals surface area (Å²) in [6.07, 6.45) is 0. The van der Waals surface area contributed by atoms with Gasteiger partial charge < -0.3 is 4.57 Å². The van der Waals surface area contributed by atoms with Crippen molar-refractivity contribution in [1.29, 1.82) is 0 Å². The van der Waals surface area contributed by atoms with Gasteiger partial charge >= 0.3 is 0 Å². The van der Waals surface area contributed by atoms with Crippen LogP contribution in [-0.2, 0) is 0 Å². The molecular formula is C29H23NS4Si. The van der Waals surface area contributed by atoms with Gasteiger partial charge in [0, 0.05) is 39.8 Å². The van der Waals surface area contributed by atoms with E-state index < -0.39 is 8.07 Å². The molecule has 0 N–H and O–H groups in total. The molecule has 5 aromatic heterocycles. The van der Waals surface area contributed by atoms with Gasteiger partial charge in [0.05, 0.1) is 20.4 Å². The summed E-state index contributed by atoms with van der Waals surface area (Å²) in [5.74, 6) is 0. The molecule has 35 heavy (non-hydrogen) atoms. The highest BCUT2D eigenvalue weighted by Gasteiger charge is 2.42. The van der Waals surface area contributed by atoms with Crippen LogP contribution < -0.4 is 10.4 Å². The fourth-order valence-electron chi connectivity index (χ4n) is 6.02. The van der Waals surface area contributed by atoms with Crippen molar-refractivity contribution in [3.05, 3.63) is 63.8 Å². The van der Waals surface area contributed by atoms with Crippen LogP contribution in [0.1, 0.15) is 15.3 Å². The first-order valence-corrected chi connectivity index (χ1v) is 18.2. The Balaban J connectivity index is 1.53. The van der Waals surface area contributed by atoms with Crippen LogP contribution in [-0.4, -0.2) is 12.6 Å². The molecule has 0 unspecified atom stereocenters. The van der Waals surface area contributed by atoms with Gasteiger partial charge in [-0.05, 0) is 67.0 Å². The number of aromatic nitrogens is 1. The van der Waals surface area contributed by atoms with E-state index in [4.69, 9.17) is 0 Å². The third kappa shape index (κ3) is 2.62. The van der Waals surface area contributed by atoms with E-state index in [1.165, 1.54) is 66.7 Å². The van der Waals surface area contributed by atoms with Gasteiger partial charge in [0.25, 0.3) is 0 Å². The summed E-state index contributed by atoms with van der Waals surface area (Å²) in [6, 6.07) is 19.0. The Morgan fingerprint density at radius 2 is 1.40 bits per heavy atom. The van der Waals surface area contributed by atoms with Gasteiger partial charge in [-0.15, -0.1) is 45.3 Å². The number of hydrogen-bond acceptors (Lipinski definition) is 4. The molecule has 7 aromatic rings. The van der Waals surface area contributed by atoms with Crippen LogP contribution in [0.4, 0.5) is 0 Å². The molecule has 0 saturated heterocycles. The van der Waals surface area contributed by atoms with Crippen LogP contribution >= 0.6 is 45.3 Å². The maximum absolute atomic E-state index is 2.59. The Morgan fingerprint density at radius 3 is 2.14 bits per heavy atom. The Morgan fingerprint density at radius 1 is 0.714 bits per heavy atom. The zero-order valence-corrected chi connectivity index (χ0v) is 24.5. The van der Waals surface area contributed by atoms with Crippen LogP contribution in [0.2, 0.25) is 13.1 Å². The minimum absolute atomic E-state index is 1.26. The number of benzene rings is 2. The van der Waals surface area contributed by atoms with Crippen molar-refractivity contribution in [3.63, 3.8) is 0 Å². The fourth-order valence-corrected chi connectivity index (χ4v) is 16.0. The van der Waals surface area contributed by atoms with Crippen LogP contribution in [0, 0.1) is 20.8 Å². The van der Waals surface area contributed by atoms with Crippen molar-refractivity contribution < 1.29 is 0 Å². The average molecular weight is 542 g/mol. The lowest BCUT2D eigenvalue weighted by atomic mass is 10.1. The second-order valence-corrected chi connectivity index (χ2v) is 19.3. The monoisotopic (exact) mass is 541 g/mol. The molecule has 0 fully saturated rings. The normalized spacial score (nSPS) is 14.7. The van der Waals surface area contributed by atoms with Crippen molar-refractivity contribution in [2.45, 2.75) is 33.9 Å². The van der Waals surface area contributed by atoms with Crippen molar-refractivity contribution in [3.8, 4) is 16.1 Å². The molecule has 1 nitrogen and oxygen atoms in total. The van der Waals surface area contributed by atoms with Gasteiger partial charge in [0.15, 0.2) is 0 Å². The highest BCUT2D eigenvalue weighted by atomic mass is 32.1. The molecule has 0 saturated carbocycles. The summed E-state index contributed by atoms with van der Waals surface area (Å²) in [5, 5.41) is 4.73. The predicted octanol–water partition coefficient (Wildman–Crippen LogP) is 9.06. The molecule has 6 heteroatoms. The Hall–Kier alpha value is -2.22. The number of rotatable bonds is 1. The lowest BCUT2D eigenvalue weighted by Gasteiger charge is -2.18. The molecule has 0 bridgehead atoms. The highest BCUT2D eigenvalue weighted by Crippen LogP contribution is 2.48. The second kappa shape index (κ2) is 6.75. The van der Waals surface area contributed by atoms with Crippen molar-refractivity contribution >= 4 is 104 Å². The number of nitrogens with zero attached hydrogens (tertiary/aromatic N) is 1.